The van der Waals surface area contributed by atoms with Gasteiger partial charge in [-0.25, -0.2) is 13.6 Å². The van der Waals surface area contributed by atoms with Crippen LogP contribution in [0.2, 0.25) is 5.02 Å². The Kier molecular flexibility index (Phi) is 10.7. The van der Waals surface area contributed by atoms with E-state index in [4.69, 9.17) is 16.7 Å². The number of aliphatic hydroxyl groups is 1. The Morgan fingerprint density at radius 2 is 1.47 bits per heavy atom. The molecule has 1 aliphatic rings. The molecule has 0 aliphatic carbocycles. The third kappa shape index (κ3) is 8.46. The van der Waals surface area contributed by atoms with Crippen LogP contribution in [0, 0.1) is 11.6 Å². The fourth-order valence-electron chi connectivity index (χ4n) is 5.56. The first-order valence-electron chi connectivity index (χ1n) is 14.3. The van der Waals surface area contributed by atoms with Gasteiger partial charge >= 0.3 is 11.9 Å². The normalized spacial score (nSPS) is 14.9. The summed E-state index contributed by atoms with van der Waals surface area (Å²) in [6.45, 7) is 5.72. The van der Waals surface area contributed by atoms with Gasteiger partial charge in [0.25, 0.3) is 0 Å². The number of piperidine rings is 1. The van der Waals surface area contributed by atoms with Crippen molar-refractivity contribution in [3.8, 4) is 0 Å². The van der Waals surface area contributed by atoms with Crippen molar-refractivity contribution in [1.82, 2.24) is 14.5 Å². The summed E-state index contributed by atoms with van der Waals surface area (Å²) >= 11 is 5.92. The number of imidazole rings is 1. The molecule has 0 saturated carbocycles. The zero-order valence-electron chi connectivity index (χ0n) is 24.0. The number of nitrogens with zero attached hydrogens (tertiary/aromatic N) is 2. The molecular formula is C32H35ClF5N3O2. The Labute approximate surface area is 251 Å². The topological polar surface area (TPSA) is 61.3 Å². The lowest BCUT2D eigenvalue weighted by molar-refractivity contribution is -0.137. The van der Waals surface area contributed by atoms with Gasteiger partial charge in [-0.2, -0.15) is 13.2 Å². The summed E-state index contributed by atoms with van der Waals surface area (Å²) in [4.78, 5) is 17.5. The fraction of sp³-hybridized carbons (Fsp3) is 0.406. The molecular weight excluding hydrogens is 589 g/mol. The summed E-state index contributed by atoms with van der Waals surface area (Å²) < 4.78 is 68.2. The molecule has 43 heavy (non-hydrogen) atoms. The van der Waals surface area contributed by atoms with Crippen molar-refractivity contribution < 1.29 is 27.1 Å². The first-order valence-corrected chi connectivity index (χ1v) is 14.6. The molecule has 0 spiro atoms. The Morgan fingerprint density at radius 3 is 1.95 bits per heavy atom. The van der Waals surface area contributed by atoms with Crippen molar-refractivity contribution >= 4 is 22.6 Å². The molecule has 11 heteroatoms. The number of halogens is 6. The summed E-state index contributed by atoms with van der Waals surface area (Å²) in [7, 11) is 0. The molecule has 2 N–H and O–H groups in total. The number of benzene rings is 3. The largest absolute Gasteiger partial charge is 0.417 e. The van der Waals surface area contributed by atoms with E-state index in [-0.39, 0.29) is 35.2 Å². The molecule has 232 valence electrons. The molecule has 2 heterocycles. The number of aromatic nitrogens is 2. The zero-order valence-corrected chi connectivity index (χ0v) is 24.7. The maximum absolute atomic E-state index is 13.5. The number of H-pyrrole nitrogens is 1. The average molecular weight is 624 g/mol. The quantitative estimate of drug-likeness (QED) is 0.206. The van der Waals surface area contributed by atoms with Crippen LogP contribution in [0.25, 0.3) is 11.0 Å². The molecule has 4 aromatic rings. The third-order valence-electron chi connectivity index (χ3n) is 7.54. The molecule has 0 bridgehead atoms. The van der Waals surface area contributed by atoms with Crippen molar-refractivity contribution in [2.45, 2.75) is 63.8 Å². The number of aliphatic hydroxyl groups excluding tert-OH is 1. The van der Waals surface area contributed by atoms with Crippen LogP contribution in [-0.2, 0) is 6.18 Å². The minimum absolute atomic E-state index is 0.000116. The summed E-state index contributed by atoms with van der Waals surface area (Å²) in [5.41, 5.74) is 1.00. The maximum atomic E-state index is 13.5. The van der Waals surface area contributed by atoms with E-state index in [1.54, 1.807) is 38.1 Å². The van der Waals surface area contributed by atoms with Crippen LogP contribution >= 0.6 is 11.6 Å². The summed E-state index contributed by atoms with van der Waals surface area (Å²) in [5.74, 6) is -0.617. The van der Waals surface area contributed by atoms with Gasteiger partial charge in [0.2, 0.25) is 0 Å². The summed E-state index contributed by atoms with van der Waals surface area (Å²) in [5, 5.41) is 7.62. The Balaban J connectivity index is 0.000000996. The van der Waals surface area contributed by atoms with E-state index in [1.165, 1.54) is 34.9 Å². The van der Waals surface area contributed by atoms with Gasteiger partial charge < -0.3 is 15.0 Å². The number of nitrogens with one attached hydrogen (secondary N) is 1. The molecule has 1 saturated heterocycles. The Bertz CT molecular complexity index is 1490. The van der Waals surface area contributed by atoms with Gasteiger partial charge in [-0.15, -0.1) is 0 Å². The van der Waals surface area contributed by atoms with E-state index in [1.807, 2.05) is 0 Å². The van der Waals surface area contributed by atoms with E-state index in [9.17, 15) is 26.7 Å². The molecule has 1 aromatic heterocycles. The second-order valence-electron chi connectivity index (χ2n) is 11.1. The minimum atomic E-state index is -4.61. The number of hydrogen-bond donors (Lipinski definition) is 2. The highest BCUT2D eigenvalue weighted by atomic mass is 35.5. The van der Waals surface area contributed by atoms with Crippen LogP contribution in [0.15, 0.2) is 65.5 Å². The number of likely N-dealkylation sites (tertiary alicyclic amines) is 1. The summed E-state index contributed by atoms with van der Waals surface area (Å²) in [6, 6.07) is 14.7. The van der Waals surface area contributed by atoms with Crippen LogP contribution in [0.3, 0.4) is 0 Å². The highest BCUT2D eigenvalue weighted by Crippen LogP contribution is 2.37. The number of aromatic amines is 1. The smallest absolute Gasteiger partial charge is 0.394 e. The average Bonchev–Trinajstić information content (AvgIpc) is 3.26. The zero-order chi connectivity index (χ0) is 31.3. The van der Waals surface area contributed by atoms with Crippen LogP contribution in [0.4, 0.5) is 22.0 Å². The predicted molar refractivity (Wildman–Crippen MR) is 159 cm³/mol. The fourth-order valence-corrected chi connectivity index (χ4v) is 5.83. The lowest BCUT2D eigenvalue weighted by Gasteiger charge is -2.33. The number of rotatable bonds is 7. The monoisotopic (exact) mass is 623 g/mol. The highest BCUT2D eigenvalue weighted by molar-refractivity contribution is 6.32. The van der Waals surface area contributed by atoms with Gasteiger partial charge in [0.15, 0.2) is 0 Å². The molecule has 1 aliphatic heterocycles. The maximum Gasteiger partial charge on any atom is 0.417 e. The van der Waals surface area contributed by atoms with Crippen LogP contribution in [0.5, 0.6) is 0 Å². The second kappa shape index (κ2) is 14.1. The molecule has 0 unspecified atom stereocenters. The number of hydrogen-bond acceptors (Lipinski definition) is 3. The van der Waals surface area contributed by atoms with Crippen molar-refractivity contribution in [2.75, 3.05) is 19.6 Å². The Morgan fingerprint density at radius 1 is 0.953 bits per heavy atom. The van der Waals surface area contributed by atoms with E-state index >= 15 is 0 Å². The van der Waals surface area contributed by atoms with Crippen molar-refractivity contribution in [3.63, 3.8) is 0 Å². The molecule has 0 amide bonds. The van der Waals surface area contributed by atoms with Gasteiger partial charge in [0.1, 0.15) is 11.6 Å². The van der Waals surface area contributed by atoms with Crippen molar-refractivity contribution in [2.24, 2.45) is 0 Å². The molecule has 1 fully saturated rings. The SMILES string of the molecule is CC(C)O.O=c1[nH]c2cc(C(F)(F)F)c(Cl)cc2n1C1CCN(CCCC(c2ccc(F)cc2)c2ccc(F)cc2)CC1. The van der Waals surface area contributed by atoms with Crippen molar-refractivity contribution in [3.05, 3.63) is 104 Å². The lowest BCUT2D eigenvalue weighted by Crippen LogP contribution is -2.37. The number of alkyl halides is 3. The summed E-state index contributed by atoms with van der Waals surface area (Å²) in [6.07, 6.45) is -1.79. The van der Waals surface area contributed by atoms with E-state index in [0.29, 0.717) is 18.4 Å². The molecule has 3 aromatic carbocycles. The Hall–Kier alpha value is -3.21. The third-order valence-corrected chi connectivity index (χ3v) is 7.86. The molecule has 0 radical (unpaired) electrons. The lowest BCUT2D eigenvalue weighted by atomic mass is 9.87. The van der Waals surface area contributed by atoms with Crippen LogP contribution < -0.4 is 5.69 Å². The van der Waals surface area contributed by atoms with Crippen LogP contribution in [0.1, 0.15) is 68.2 Å². The van der Waals surface area contributed by atoms with E-state index < -0.39 is 22.5 Å². The molecule has 5 nitrogen and oxygen atoms in total. The second-order valence-corrected chi connectivity index (χ2v) is 11.5. The highest BCUT2D eigenvalue weighted by Gasteiger charge is 2.34. The van der Waals surface area contributed by atoms with Gasteiger partial charge in [0, 0.05) is 31.2 Å². The minimum Gasteiger partial charge on any atom is -0.394 e. The predicted octanol–water partition coefficient (Wildman–Crippen LogP) is 7.92. The first kappa shape index (κ1) is 32.7. The van der Waals surface area contributed by atoms with Gasteiger partial charge in [0.05, 0.1) is 21.6 Å². The molecule has 0 atom stereocenters. The number of fused-ring (bicyclic) bond motifs is 1. The van der Waals surface area contributed by atoms with Gasteiger partial charge in [-0.3, -0.25) is 4.57 Å². The standard InChI is InChI=1S/C29H27ClF5N3O.C3H8O/c30-25-17-27-26(16-24(25)29(33,34)35)36-28(39)38(27)22-11-14-37(15-12-22)13-1-2-23(18-3-7-20(31)8-4-18)19-5-9-21(32)10-6-19;1-3(2)4/h3-10,16-17,22-23H,1-2,11-15H2,(H,36,39);3-4H,1-2H3. The van der Waals surface area contributed by atoms with Gasteiger partial charge in [-0.05, 0) is 93.6 Å². The van der Waals surface area contributed by atoms with Crippen molar-refractivity contribution in [1.29, 1.82) is 0 Å². The first-order chi connectivity index (χ1) is 20.3. The van der Waals surface area contributed by atoms with E-state index in [0.717, 1.165) is 49.7 Å². The molecule has 5 rings (SSSR count). The van der Waals surface area contributed by atoms with Crippen LogP contribution in [-0.4, -0.2) is 45.3 Å². The van der Waals surface area contributed by atoms with E-state index in [2.05, 4.69) is 9.88 Å². The van der Waals surface area contributed by atoms with Gasteiger partial charge in [-0.1, -0.05) is 35.9 Å².